The van der Waals surface area contributed by atoms with Gasteiger partial charge in [-0.3, -0.25) is 20.2 Å². The van der Waals surface area contributed by atoms with Gasteiger partial charge in [0, 0.05) is 0 Å². The number of hydroxylamine groups is 1. The maximum atomic E-state index is 11.5. The Kier molecular flexibility index (Phi) is 5.42. The third kappa shape index (κ3) is 4.16. The minimum atomic E-state index is -5.11. The molecule has 0 aliphatic carbocycles. The Labute approximate surface area is 173 Å². The van der Waals surface area contributed by atoms with Crippen molar-refractivity contribution < 1.29 is 58.7 Å². The molecule has 3 unspecified atom stereocenters. The number of nitrogens with two attached hydrogens (primary N) is 2. The molecule has 3 aliphatic heterocycles. The van der Waals surface area contributed by atoms with Crippen LogP contribution in [0.1, 0.15) is 0 Å². The first kappa shape index (κ1) is 23.1. The molecular formula is C10H18N7O12S2+. The largest absolute Gasteiger partial charge is 0.444 e. The van der Waals surface area contributed by atoms with Crippen molar-refractivity contribution in [2.24, 2.45) is 16.5 Å². The average Bonchev–Trinajstić information content (AvgIpc) is 3.06. The van der Waals surface area contributed by atoms with E-state index in [2.05, 4.69) is 24.1 Å². The molecular weight excluding hydrogens is 474 g/mol. The third-order valence-corrected chi connectivity index (χ3v) is 5.45. The van der Waals surface area contributed by atoms with E-state index in [1.165, 1.54) is 5.48 Å². The summed E-state index contributed by atoms with van der Waals surface area (Å²) in [6, 6.07) is -2.44. The highest BCUT2D eigenvalue weighted by Gasteiger charge is 2.76. The fourth-order valence-electron chi connectivity index (χ4n) is 3.64. The van der Waals surface area contributed by atoms with Crippen LogP contribution in [0.15, 0.2) is 4.99 Å². The van der Waals surface area contributed by atoms with Gasteiger partial charge in [-0.2, -0.15) is 22.3 Å². The van der Waals surface area contributed by atoms with Crippen molar-refractivity contribution in [2.75, 3.05) is 13.2 Å². The predicted molar refractivity (Wildman–Crippen MR) is 93.2 cm³/mol. The van der Waals surface area contributed by atoms with Crippen LogP contribution in [0.4, 0.5) is 4.79 Å². The number of hydrogen-bond acceptors (Lipinski definition) is 15. The maximum absolute atomic E-state index is 11.5. The molecule has 1 saturated heterocycles. The minimum absolute atomic E-state index is 0.272. The Bertz CT molecular complexity index is 1060. The average molecular weight is 492 g/mol. The first-order chi connectivity index (χ1) is 14.1. The van der Waals surface area contributed by atoms with Crippen molar-refractivity contribution >= 4 is 38.8 Å². The number of aliphatic hydroxyl groups is 2. The summed E-state index contributed by atoms with van der Waals surface area (Å²) in [5.74, 6) is -3.67. The van der Waals surface area contributed by atoms with Gasteiger partial charge >= 0.3 is 32.9 Å². The van der Waals surface area contributed by atoms with Crippen molar-refractivity contribution in [1.29, 1.82) is 0 Å². The van der Waals surface area contributed by atoms with Gasteiger partial charge in [-0.25, -0.2) is 18.5 Å². The van der Waals surface area contributed by atoms with Crippen LogP contribution in [0.25, 0.3) is 0 Å². The molecule has 3 aliphatic rings. The lowest BCUT2D eigenvalue weighted by atomic mass is 9.86. The molecule has 11 N–H and O–H groups in total. The Balaban J connectivity index is 1.87. The number of nitrogens with one attached hydrogen (secondary N) is 3. The predicted octanol–water partition coefficient (Wildman–Crippen LogP) is -6.39. The van der Waals surface area contributed by atoms with Crippen LogP contribution < -0.4 is 27.6 Å². The smallest absolute Gasteiger partial charge is 0.432 e. The zero-order valence-corrected chi connectivity index (χ0v) is 16.7. The van der Waals surface area contributed by atoms with E-state index in [9.17, 15) is 31.8 Å². The molecule has 31 heavy (non-hydrogen) atoms. The van der Waals surface area contributed by atoms with E-state index in [0.29, 0.717) is 0 Å². The van der Waals surface area contributed by atoms with E-state index >= 15 is 0 Å². The summed E-state index contributed by atoms with van der Waals surface area (Å²) in [7, 11) is -10.1. The molecule has 1 amide bonds. The highest BCUT2D eigenvalue weighted by molar-refractivity contribution is 7.81. The number of hydrogen-bond donors (Lipinski definition) is 9. The first-order valence-electron chi connectivity index (χ1n) is 8.04. The fourth-order valence-corrected chi connectivity index (χ4v) is 4.30. The number of ether oxygens (including phenoxy) is 1. The van der Waals surface area contributed by atoms with Crippen molar-refractivity contribution in [2.45, 2.75) is 29.6 Å². The molecule has 21 heteroatoms. The first-order valence-corrected chi connectivity index (χ1v) is 10.8. The summed E-state index contributed by atoms with van der Waals surface area (Å²) in [6.07, 6.45) is -3.42. The molecule has 0 aromatic heterocycles. The lowest BCUT2D eigenvalue weighted by Gasteiger charge is -2.43. The topological polar surface area (TPSA) is 297 Å². The van der Waals surface area contributed by atoms with Gasteiger partial charge in [-0.1, -0.05) is 0 Å². The normalized spacial score (nSPS) is 31.7. The fraction of sp³-hybridized carbons (Fsp3) is 0.700. The van der Waals surface area contributed by atoms with Gasteiger partial charge in [-0.15, -0.1) is 4.28 Å². The van der Waals surface area contributed by atoms with E-state index in [1.54, 1.807) is 0 Å². The van der Waals surface area contributed by atoms with Crippen LogP contribution in [0.3, 0.4) is 0 Å². The molecule has 0 aromatic carbocycles. The molecule has 0 bridgehead atoms. The van der Waals surface area contributed by atoms with Crippen LogP contribution in [-0.4, -0.2) is 102 Å². The van der Waals surface area contributed by atoms with Gasteiger partial charge in [0.15, 0.2) is 18.1 Å². The number of aliphatic imine (C=N–C) groups is 1. The molecule has 0 radical (unpaired) electrons. The van der Waals surface area contributed by atoms with Gasteiger partial charge in [0.25, 0.3) is 5.79 Å². The standard InChI is InChI=1S/C10H17N7O12S2/c11-6-14-5-3(2-27-8(18)16-29-31(24,25)26)13-7(12)17-1-4(28-30(21,22)23)10(19,20)9(5,17)15-6/h3-5,19-20H,1-2H2,(H8,11,12,13,14,15,16,18,21,22,23,24,25,26)/p+1/t3?,4-,5?,9?/m0/s1. The van der Waals surface area contributed by atoms with Gasteiger partial charge in [0.2, 0.25) is 5.66 Å². The molecule has 176 valence electrons. The Morgan fingerprint density at radius 2 is 1.90 bits per heavy atom. The Morgan fingerprint density at radius 3 is 2.48 bits per heavy atom. The van der Waals surface area contributed by atoms with Crippen LogP contribution in [0.2, 0.25) is 0 Å². The number of nitrogens with zero attached hydrogens (tertiary/aromatic N) is 2. The van der Waals surface area contributed by atoms with Crippen molar-refractivity contribution in [3.8, 4) is 0 Å². The van der Waals surface area contributed by atoms with Crippen molar-refractivity contribution in [3.63, 3.8) is 0 Å². The second-order valence-electron chi connectivity index (χ2n) is 6.55. The number of guanidine groups is 2. The zero-order chi connectivity index (χ0) is 23.4. The third-order valence-electron chi connectivity index (χ3n) is 4.68. The van der Waals surface area contributed by atoms with Crippen molar-refractivity contribution in [3.05, 3.63) is 0 Å². The van der Waals surface area contributed by atoms with Gasteiger partial charge in [-0.05, 0) is 0 Å². The number of amides is 1. The molecule has 0 aromatic rings. The van der Waals surface area contributed by atoms with E-state index in [0.717, 1.165) is 4.58 Å². The summed E-state index contributed by atoms with van der Waals surface area (Å²) in [5.41, 5.74) is 10.7. The van der Waals surface area contributed by atoms with E-state index in [1.807, 2.05) is 0 Å². The molecule has 19 nitrogen and oxygen atoms in total. The number of rotatable bonds is 6. The molecule has 1 spiro atoms. The van der Waals surface area contributed by atoms with Crippen molar-refractivity contribution in [1.82, 2.24) is 16.1 Å². The second kappa shape index (κ2) is 7.27. The summed E-state index contributed by atoms with van der Waals surface area (Å²) < 4.78 is 74.3. The van der Waals surface area contributed by atoms with Gasteiger partial charge in [0.05, 0.1) is 0 Å². The maximum Gasteiger partial charge on any atom is 0.432 e. The monoisotopic (exact) mass is 492 g/mol. The van der Waals surface area contributed by atoms with E-state index in [4.69, 9.17) is 25.3 Å². The van der Waals surface area contributed by atoms with Crippen LogP contribution in [0.5, 0.6) is 0 Å². The lowest BCUT2D eigenvalue weighted by molar-refractivity contribution is -0.623. The Morgan fingerprint density at radius 1 is 1.26 bits per heavy atom. The van der Waals surface area contributed by atoms with Gasteiger partial charge < -0.3 is 26.0 Å². The summed E-state index contributed by atoms with van der Waals surface area (Å²) in [4.78, 5) is 15.5. The lowest BCUT2D eigenvalue weighted by Crippen LogP contribution is -2.78. The summed E-state index contributed by atoms with van der Waals surface area (Å²) in [6.45, 7) is -1.20. The highest BCUT2D eigenvalue weighted by atomic mass is 32.3. The number of carbonyl (C=O) groups is 1. The summed E-state index contributed by atoms with van der Waals surface area (Å²) in [5, 5.41) is 26.7. The molecule has 4 atom stereocenters. The molecule has 1 fully saturated rings. The molecule has 3 heterocycles. The minimum Gasteiger partial charge on any atom is -0.444 e. The zero-order valence-electron chi connectivity index (χ0n) is 15.1. The van der Waals surface area contributed by atoms with E-state index < -0.39 is 69.7 Å². The van der Waals surface area contributed by atoms with Crippen LogP contribution in [0, 0.1) is 0 Å². The van der Waals surface area contributed by atoms with E-state index in [-0.39, 0.29) is 11.9 Å². The highest BCUT2D eigenvalue weighted by Crippen LogP contribution is 2.42. The quantitative estimate of drug-likeness (QED) is 0.0720. The van der Waals surface area contributed by atoms with Gasteiger partial charge in [0.1, 0.15) is 19.2 Å². The van der Waals surface area contributed by atoms with Crippen LogP contribution >= 0.6 is 0 Å². The number of carbonyl (C=O) groups excluding carboxylic acids is 1. The Hall–Kier alpha value is -2.53. The summed E-state index contributed by atoms with van der Waals surface area (Å²) >= 11 is 0. The SMILES string of the molecule is NC1=NC2C(COC(=O)NOS(=O)(=O)O)NC(N)=[N+]3C[C@H](OS(=O)(=O)O)C(O)(O)C23N1. The molecule has 3 rings (SSSR count). The molecule has 0 saturated carbocycles. The van der Waals surface area contributed by atoms with Crippen LogP contribution in [-0.2, 0) is 34.0 Å². The second-order valence-corrected chi connectivity index (χ2v) is 8.62.